The molecule has 1 aromatic carbocycles. The molecule has 0 bridgehead atoms. The molecule has 0 atom stereocenters. The normalized spacial score (nSPS) is 17.6. The van der Waals surface area contributed by atoms with Crippen LogP contribution in [0.25, 0.3) is 0 Å². The second-order valence-corrected chi connectivity index (χ2v) is 6.78. The number of aromatic nitrogens is 3. The molecule has 0 spiro atoms. The zero-order chi connectivity index (χ0) is 17.6. The van der Waals surface area contributed by atoms with Gasteiger partial charge in [0, 0.05) is 24.7 Å². The molecule has 1 aliphatic carbocycles. The largest absolute Gasteiger partial charge is 0.586 e. The first-order chi connectivity index (χ1) is 11.9. The maximum absolute atomic E-state index is 13.0. The van der Waals surface area contributed by atoms with Crippen LogP contribution in [0.3, 0.4) is 0 Å². The summed E-state index contributed by atoms with van der Waals surface area (Å²) in [6, 6.07) is 4.09. The van der Waals surface area contributed by atoms with E-state index in [9.17, 15) is 13.6 Å². The predicted octanol–water partition coefficient (Wildman–Crippen LogP) is 2.74. The summed E-state index contributed by atoms with van der Waals surface area (Å²) in [5.74, 6) is 1.09. The van der Waals surface area contributed by atoms with Crippen LogP contribution in [0.4, 0.5) is 14.5 Å². The van der Waals surface area contributed by atoms with E-state index in [1.165, 1.54) is 30.0 Å². The van der Waals surface area contributed by atoms with Crippen LogP contribution < -0.4 is 14.8 Å². The summed E-state index contributed by atoms with van der Waals surface area (Å²) in [6.07, 6.45) is -1.42. The van der Waals surface area contributed by atoms with E-state index in [4.69, 9.17) is 0 Å². The van der Waals surface area contributed by atoms with Gasteiger partial charge in [0.2, 0.25) is 5.91 Å². The molecule has 0 saturated heterocycles. The SMILES string of the molecule is Cn1c(SCC(=O)Nc2ccc3c(c2)OC(F)(F)O3)nnc1C1CC1. The Kier molecular flexibility index (Phi) is 3.78. The highest BCUT2D eigenvalue weighted by molar-refractivity contribution is 7.99. The smallest absolute Gasteiger partial charge is 0.395 e. The Morgan fingerprint density at radius 1 is 1.36 bits per heavy atom. The summed E-state index contributed by atoms with van der Waals surface area (Å²) in [6.45, 7) is 0. The Morgan fingerprint density at radius 3 is 2.88 bits per heavy atom. The summed E-state index contributed by atoms with van der Waals surface area (Å²) in [5.41, 5.74) is 0.349. The fourth-order valence-corrected chi connectivity index (χ4v) is 3.22. The van der Waals surface area contributed by atoms with Crippen molar-refractivity contribution in [3.8, 4) is 11.5 Å². The number of carbonyl (C=O) groups is 1. The van der Waals surface area contributed by atoms with Crippen molar-refractivity contribution in [2.75, 3.05) is 11.1 Å². The lowest BCUT2D eigenvalue weighted by Gasteiger charge is -2.06. The van der Waals surface area contributed by atoms with Crippen molar-refractivity contribution < 1.29 is 23.0 Å². The van der Waals surface area contributed by atoms with Gasteiger partial charge in [-0.2, -0.15) is 0 Å². The van der Waals surface area contributed by atoms with Gasteiger partial charge in [-0.25, -0.2) is 0 Å². The first-order valence-corrected chi connectivity index (χ1v) is 8.62. The molecular weight excluding hydrogens is 354 g/mol. The van der Waals surface area contributed by atoms with Crippen molar-refractivity contribution in [2.24, 2.45) is 7.05 Å². The number of nitrogens with zero attached hydrogens (tertiary/aromatic N) is 3. The number of fused-ring (bicyclic) bond motifs is 1. The highest BCUT2D eigenvalue weighted by atomic mass is 32.2. The number of carbonyl (C=O) groups excluding carboxylic acids is 1. The van der Waals surface area contributed by atoms with Gasteiger partial charge in [0.1, 0.15) is 5.82 Å². The quantitative estimate of drug-likeness (QED) is 0.818. The zero-order valence-corrected chi connectivity index (χ0v) is 14.0. The predicted molar refractivity (Wildman–Crippen MR) is 85.0 cm³/mol. The second kappa shape index (κ2) is 5.87. The summed E-state index contributed by atoms with van der Waals surface area (Å²) in [5, 5.41) is 11.5. The highest BCUT2D eigenvalue weighted by Crippen LogP contribution is 2.42. The summed E-state index contributed by atoms with van der Waals surface area (Å²) >= 11 is 1.27. The van der Waals surface area contributed by atoms with E-state index in [-0.39, 0.29) is 23.2 Å². The van der Waals surface area contributed by atoms with Gasteiger partial charge in [-0.05, 0) is 25.0 Å². The molecule has 10 heteroatoms. The third kappa shape index (κ3) is 3.39. The molecule has 1 amide bonds. The third-order valence-corrected chi connectivity index (χ3v) is 4.85. The number of rotatable bonds is 5. The Balaban J connectivity index is 1.35. The number of nitrogens with one attached hydrogen (secondary N) is 1. The van der Waals surface area contributed by atoms with Gasteiger partial charge in [0.15, 0.2) is 16.7 Å². The van der Waals surface area contributed by atoms with Crippen LogP contribution in [-0.2, 0) is 11.8 Å². The first-order valence-electron chi connectivity index (χ1n) is 7.63. The van der Waals surface area contributed by atoms with E-state index < -0.39 is 6.29 Å². The van der Waals surface area contributed by atoms with E-state index >= 15 is 0 Å². The van der Waals surface area contributed by atoms with Gasteiger partial charge >= 0.3 is 6.29 Å². The summed E-state index contributed by atoms with van der Waals surface area (Å²) in [4.78, 5) is 12.1. The number of alkyl halides is 2. The monoisotopic (exact) mass is 368 g/mol. The molecule has 132 valence electrons. The van der Waals surface area contributed by atoms with Crippen molar-refractivity contribution in [1.82, 2.24) is 14.8 Å². The average Bonchev–Trinajstić information content (AvgIpc) is 3.24. The number of benzene rings is 1. The van der Waals surface area contributed by atoms with Gasteiger partial charge in [0.25, 0.3) is 0 Å². The minimum Gasteiger partial charge on any atom is -0.395 e. The van der Waals surface area contributed by atoms with Crippen LogP contribution in [0.5, 0.6) is 11.5 Å². The van der Waals surface area contributed by atoms with Crippen LogP contribution >= 0.6 is 11.8 Å². The molecule has 1 N–H and O–H groups in total. The van der Waals surface area contributed by atoms with Crippen molar-refractivity contribution in [2.45, 2.75) is 30.2 Å². The Bertz CT molecular complexity index is 838. The number of thioether (sulfide) groups is 1. The molecule has 1 aliphatic heterocycles. The van der Waals surface area contributed by atoms with Gasteiger partial charge in [-0.1, -0.05) is 11.8 Å². The number of ether oxygens (including phenoxy) is 2. The van der Waals surface area contributed by atoms with Crippen LogP contribution in [-0.4, -0.2) is 32.7 Å². The molecule has 0 radical (unpaired) electrons. The lowest BCUT2D eigenvalue weighted by Crippen LogP contribution is -2.25. The molecule has 1 saturated carbocycles. The third-order valence-electron chi connectivity index (χ3n) is 3.83. The van der Waals surface area contributed by atoms with Gasteiger partial charge in [0.05, 0.1) is 5.75 Å². The molecule has 4 rings (SSSR count). The van der Waals surface area contributed by atoms with Gasteiger partial charge < -0.3 is 19.4 Å². The molecule has 2 aromatic rings. The number of hydrogen-bond acceptors (Lipinski definition) is 6. The topological polar surface area (TPSA) is 78.3 Å². The number of anilines is 1. The fourth-order valence-electron chi connectivity index (χ4n) is 2.50. The Hall–Kier alpha value is -2.36. The van der Waals surface area contributed by atoms with Crippen LogP contribution in [0.2, 0.25) is 0 Å². The summed E-state index contributed by atoms with van der Waals surface area (Å²) in [7, 11) is 1.88. The highest BCUT2D eigenvalue weighted by Gasteiger charge is 2.43. The minimum absolute atomic E-state index is 0.0657. The standard InChI is InChI=1S/C15H14F2N4O3S/c1-21-13(8-2-3-8)19-20-14(21)25-7-12(22)18-9-4-5-10-11(6-9)24-15(16,17)23-10/h4-6,8H,2-3,7H2,1H3,(H,18,22). The van der Waals surface area contributed by atoms with Crippen molar-refractivity contribution in [1.29, 1.82) is 0 Å². The molecule has 0 unspecified atom stereocenters. The fraction of sp³-hybridized carbons (Fsp3) is 0.400. The van der Waals surface area contributed by atoms with Crippen molar-refractivity contribution in [3.63, 3.8) is 0 Å². The number of hydrogen-bond donors (Lipinski definition) is 1. The molecule has 2 heterocycles. The first kappa shape index (κ1) is 16.1. The van der Waals surface area contributed by atoms with E-state index in [0.717, 1.165) is 18.7 Å². The average molecular weight is 368 g/mol. The molecule has 2 aliphatic rings. The lowest BCUT2D eigenvalue weighted by molar-refractivity contribution is -0.286. The Labute approximate surface area is 145 Å². The number of halogens is 2. The van der Waals surface area contributed by atoms with E-state index in [0.29, 0.717) is 16.8 Å². The van der Waals surface area contributed by atoms with E-state index in [2.05, 4.69) is 25.0 Å². The van der Waals surface area contributed by atoms with E-state index in [1.807, 2.05) is 11.6 Å². The van der Waals surface area contributed by atoms with E-state index in [1.54, 1.807) is 0 Å². The molecule has 1 aromatic heterocycles. The molecule has 1 fully saturated rings. The number of amides is 1. The van der Waals surface area contributed by atoms with Gasteiger partial charge in [-0.15, -0.1) is 19.0 Å². The lowest BCUT2D eigenvalue weighted by atomic mass is 10.3. The maximum Gasteiger partial charge on any atom is 0.586 e. The van der Waals surface area contributed by atoms with Crippen molar-refractivity contribution in [3.05, 3.63) is 24.0 Å². The minimum atomic E-state index is -3.68. The van der Waals surface area contributed by atoms with Gasteiger partial charge in [-0.3, -0.25) is 4.79 Å². The van der Waals surface area contributed by atoms with Crippen molar-refractivity contribution >= 4 is 23.4 Å². The van der Waals surface area contributed by atoms with Crippen LogP contribution in [0.1, 0.15) is 24.6 Å². The second-order valence-electron chi connectivity index (χ2n) is 5.84. The van der Waals surface area contributed by atoms with Crippen LogP contribution in [0, 0.1) is 0 Å². The summed E-state index contributed by atoms with van der Waals surface area (Å²) < 4.78 is 36.5. The molecule has 25 heavy (non-hydrogen) atoms. The molecule has 7 nitrogen and oxygen atoms in total. The molecular formula is C15H14F2N4O3S. The maximum atomic E-state index is 13.0. The van der Waals surface area contributed by atoms with Crippen LogP contribution in [0.15, 0.2) is 23.4 Å². The zero-order valence-electron chi connectivity index (χ0n) is 13.2. The Morgan fingerprint density at radius 2 is 2.12 bits per heavy atom.